The Labute approximate surface area is 271 Å². The minimum Gasteiger partial charge on any atom is -0.440 e. The van der Waals surface area contributed by atoms with E-state index in [0.29, 0.717) is 23.1 Å². The Balaban J connectivity index is 0.000000362. The Morgan fingerprint density at radius 2 is 1.58 bits per heavy atom. The van der Waals surface area contributed by atoms with Crippen molar-refractivity contribution in [2.24, 2.45) is 0 Å². The number of nitro groups is 1. The minimum absolute atomic E-state index is 0.00627. The first-order valence-electron chi connectivity index (χ1n) is 12.0. The van der Waals surface area contributed by atoms with Crippen molar-refractivity contribution in [1.29, 1.82) is 0 Å². The summed E-state index contributed by atoms with van der Waals surface area (Å²) in [5, 5.41) is 13.2. The van der Waals surface area contributed by atoms with E-state index in [1.807, 2.05) is 37.3 Å². The molecule has 3 rings (SSSR count). The summed E-state index contributed by atoms with van der Waals surface area (Å²) in [6.07, 6.45) is 6.45. The topological polar surface area (TPSA) is 116 Å². The van der Waals surface area contributed by atoms with Gasteiger partial charge in [0.25, 0.3) is 12.2 Å². The predicted molar refractivity (Wildman–Crippen MR) is 179 cm³/mol. The molecule has 3 aromatic rings. The molecule has 0 heterocycles. The summed E-state index contributed by atoms with van der Waals surface area (Å²) in [5.74, 6) is 0.449. The van der Waals surface area contributed by atoms with Crippen molar-refractivity contribution in [3.63, 3.8) is 0 Å². The Hall–Kier alpha value is -2.75. The molecule has 0 N–H and O–H groups in total. The summed E-state index contributed by atoms with van der Waals surface area (Å²) in [6, 6.07) is 22.2. The summed E-state index contributed by atoms with van der Waals surface area (Å²) < 4.78 is 30.9. The van der Waals surface area contributed by atoms with Gasteiger partial charge in [0, 0.05) is 43.5 Å². The van der Waals surface area contributed by atoms with Crippen molar-refractivity contribution in [2.45, 2.75) is 13.3 Å². The lowest BCUT2D eigenvalue weighted by molar-refractivity contribution is -0.384. The van der Waals surface area contributed by atoms with Crippen molar-refractivity contribution in [3.05, 3.63) is 94.0 Å². The maximum Gasteiger partial charge on any atom is 0.380 e. The molecular formula is C27H28ClNO9P2S3. The molecule has 0 spiro atoms. The van der Waals surface area contributed by atoms with Crippen LogP contribution in [0.15, 0.2) is 78.9 Å². The standard InChI is InChI=1S/C14H14NO4PS.C8H10ClO3PS.C5H4O2S/c1-2-18-20(21,14-6-4-3-5-7-14)19-13-10-8-12(9-11-13)15(16)17;1-10-13(14,11-2)12-8-6-4-3-5-7(8)9;1-2-7-5(6)3-4-8/h3-11H,2H2,1H3;3-6H,1-2H3;1,4H,3H2. The molecule has 0 radical (unpaired) electrons. The summed E-state index contributed by atoms with van der Waals surface area (Å²) in [5.41, 5.74) is 0.00627. The number of para-hydroxylation sites is 1. The predicted octanol–water partition coefficient (Wildman–Crippen LogP) is 7.39. The molecule has 0 amide bonds. The van der Waals surface area contributed by atoms with Crippen LogP contribution >= 0.6 is 37.0 Å². The van der Waals surface area contributed by atoms with Crippen LogP contribution in [-0.4, -0.2) is 37.1 Å². The number of carbonyl (C=O) groups excluding carboxylic acids is 1. The summed E-state index contributed by atoms with van der Waals surface area (Å²) >= 11 is 20.8. The van der Waals surface area contributed by atoms with E-state index >= 15 is 0 Å². The highest BCUT2D eigenvalue weighted by atomic mass is 35.5. The van der Waals surface area contributed by atoms with Gasteiger partial charge in [-0.25, -0.2) is 0 Å². The quantitative estimate of drug-likeness (QED) is 0.0468. The number of hydrogen-bond acceptors (Lipinski definition) is 12. The van der Waals surface area contributed by atoms with Gasteiger partial charge in [0.05, 0.1) is 23.0 Å². The molecule has 10 nitrogen and oxygen atoms in total. The molecular weight excluding hydrogens is 676 g/mol. The molecule has 0 aliphatic rings. The average molecular weight is 704 g/mol. The Bertz CT molecular complexity index is 1460. The highest BCUT2D eigenvalue weighted by Gasteiger charge is 2.23. The number of non-ortho nitro benzene ring substituents is 1. The molecule has 230 valence electrons. The maximum atomic E-state index is 10.6. The van der Waals surface area contributed by atoms with Crippen molar-refractivity contribution in [1.82, 2.24) is 0 Å². The van der Waals surface area contributed by atoms with Crippen LogP contribution in [0.1, 0.15) is 13.3 Å². The van der Waals surface area contributed by atoms with Crippen molar-refractivity contribution < 1.29 is 37.1 Å². The van der Waals surface area contributed by atoms with Gasteiger partial charge < -0.3 is 27.4 Å². The van der Waals surface area contributed by atoms with Crippen LogP contribution in [0.5, 0.6) is 11.5 Å². The van der Waals surface area contributed by atoms with Crippen LogP contribution in [0.2, 0.25) is 5.02 Å². The van der Waals surface area contributed by atoms with Gasteiger partial charge in [0.2, 0.25) is 0 Å². The smallest absolute Gasteiger partial charge is 0.380 e. The molecule has 1 atom stereocenters. The molecule has 0 saturated heterocycles. The number of hydrogen-bond donors (Lipinski definition) is 0. The van der Waals surface area contributed by atoms with Crippen LogP contribution in [-0.2, 0) is 46.7 Å². The fourth-order valence-electron chi connectivity index (χ4n) is 2.67. The molecule has 0 fully saturated rings. The summed E-state index contributed by atoms with van der Waals surface area (Å²) in [7, 11) is 2.89. The first-order chi connectivity index (χ1) is 20.5. The molecule has 3 aromatic carbocycles. The second kappa shape index (κ2) is 20.3. The number of rotatable bonds is 12. The lowest BCUT2D eigenvalue weighted by atomic mass is 10.3. The van der Waals surface area contributed by atoms with Crippen LogP contribution < -0.4 is 14.4 Å². The molecule has 0 aromatic heterocycles. The summed E-state index contributed by atoms with van der Waals surface area (Å²) in [6.45, 7) is -3.07. The van der Waals surface area contributed by atoms with Crippen molar-refractivity contribution in [2.75, 3.05) is 20.8 Å². The highest BCUT2D eigenvalue weighted by molar-refractivity contribution is 8.13. The second-order valence-corrected chi connectivity index (χ2v) is 14.7. The van der Waals surface area contributed by atoms with Gasteiger partial charge >= 0.3 is 12.7 Å². The van der Waals surface area contributed by atoms with E-state index < -0.39 is 24.1 Å². The molecule has 43 heavy (non-hydrogen) atoms. The van der Waals surface area contributed by atoms with Gasteiger partial charge in [-0.05, 0) is 60.5 Å². The number of benzene rings is 3. The molecule has 0 saturated carbocycles. The van der Waals surface area contributed by atoms with Gasteiger partial charge in [-0.2, -0.15) is 0 Å². The van der Waals surface area contributed by atoms with E-state index in [1.54, 1.807) is 30.4 Å². The third kappa shape index (κ3) is 14.1. The van der Waals surface area contributed by atoms with Gasteiger partial charge in [0.15, 0.2) is 0 Å². The zero-order valence-electron chi connectivity index (χ0n) is 23.2. The first-order valence-corrected chi connectivity index (χ1v) is 18.0. The number of terminal acetylenes is 1. The Kier molecular flexibility index (Phi) is 18.0. The first kappa shape index (κ1) is 38.3. The number of esters is 1. The monoisotopic (exact) mass is 703 g/mol. The van der Waals surface area contributed by atoms with Crippen LogP contribution in [0.4, 0.5) is 5.69 Å². The van der Waals surface area contributed by atoms with E-state index in [1.165, 1.54) is 43.9 Å². The molecule has 0 aliphatic heterocycles. The Morgan fingerprint density at radius 1 is 1.00 bits per heavy atom. The van der Waals surface area contributed by atoms with Gasteiger partial charge in [0.1, 0.15) is 17.6 Å². The van der Waals surface area contributed by atoms with Crippen molar-refractivity contribution >= 4 is 83.0 Å². The molecule has 0 bridgehead atoms. The van der Waals surface area contributed by atoms with Crippen LogP contribution in [0, 0.1) is 22.6 Å². The number of nitrogens with zero attached hydrogens (tertiary/aromatic N) is 1. The number of thiocarbonyl (C=S) groups is 1. The fraction of sp³-hybridized carbons (Fsp3) is 0.185. The van der Waals surface area contributed by atoms with Gasteiger partial charge in [-0.1, -0.05) is 60.6 Å². The SMILES string of the molecule is C#COC(=O)CC=S.CCOP(=S)(Oc1ccc([N+](=O)[O-])cc1)c1ccccc1.COP(=S)(OC)Oc1ccccc1Cl. The van der Waals surface area contributed by atoms with E-state index in [2.05, 4.69) is 23.4 Å². The average Bonchev–Trinajstić information content (AvgIpc) is 3.00. The third-order valence-electron chi connectivity index (χ3n) is 4.56. The number of halogens is 1. The fourth-order valence-corrected chi connectivity index (χ4v) is 6.49. The van der Waals surface area contributed by atoms with E-state index in [9.17, 15) is 14.9 Å². The van der Waals surface area contributed by atoms with Crippen molar-refractivity contribution in [3.8, 4) is 24.0 Å². The third-order valence-corrected chi connectivity index (χ3v) is 10.6. The Morgan fingerprint density at radius 3 is 2.07 bits per heavy atom. The van der Waals surface area contributed by atoms with Gasteiger partial charge in [-0.3, -0.25) is 14.9 Å². The zero-order chi connectivity index (χ0) is 32.3. The van der Waals surface area contributed by atoms with E-state index in [4.69, 9.17) is 57.8 Å². The maximum absolute atomic E-state index is 10.6. The lowest BCUT2D eigenvalue weighted by Gasteiger charge is -2.22. The van der Waals surface area contributed by atoms with E-state index in [-0.39, 0.29) is 12.1 Å². The van der Waals surface area contributed by atoms with Crippen LogP contribution in [0.25, 0.3) is 0 Å². The normalized spacial score (nSPS) is 11.5. The number of ether oxygens (including phenoxy) is 1. The molecule has 1 unspecified atom stereocenters. The largest absolute Gasteiger partial charge is 0.440 e. The molecule has 0 aliphatic carbocycles. The lowest BCUT2D eigenvalue weighted by Crippen LogP contribution is -2.11. The highest BCUT2D eigenvalue weighted by Crippen LogP contribution is 2.49. The number of carbonyl (C=O) groups is 1. The summed E-state index contributed by atoms with van der Waals surface area (Å²) in [4.78, 5) is 20.4. The van der Waals surface area contributed by atoms with Crippen LogP contribution in [0.3, 0.4) is 0 Å². The number of nitro benzene ring substituents is 1. The molecule has 16 heteroatoms. The van der Waals surface area contributed by atoms with Gasteiger partial charge in [-0.15, -0.1) is 0 Å². The minimum atomic E-state index is -2.68. The zero-order valence-corrected chi connectivity index (χ0v) is 28.2. The van der Waals surface area contributed by atoms with E-state index in [0.717, 1.165) is 5.30 Å². The second-order valence-electron chi connectivity index (χ2n) is 7.39.